The van der Waals surface area contributed by atoms with Crippen molar-refractivity contribution in [3.63, 3.8) is 0 Å². The number of rotatable bonds is 5. The van der Waals surface area contributed by atoms with E-state index in [1.54, 1.807) is 0 Å². The Morgan fingerprint density at radius 3 is 2.79 bits per heavy atom. The minimum absolute atomic E-state index is 0.0807. The molecule has 14 heavy (non-hydrogen) atoms. The van der Waals surface area contributed by atoms with Crippen LogP contribution >= 0.6 is 11.8 Å². The Morgan fingerprint density at radius 1 is 1.50 bits per heavy atom. The van der Waals surface area contributed by atoms with Crippen LogP contribution in [0.1, 0.15) is 38.3 Å². The van der Waals surface area contributed by atoms with E-state index in [4.69, 9.17) is 5.73 Å². The van der Waals surface area contributed by atoms with E-state index < -0.39 is 0 Å². The van der Waals surface area contributed by atoms with Gasteiger partial charge in [0, 0.05) is 12.2 Å². The number of hydrogen-bond acceptors (Lipinski definition) is 3. The zero-order chi connectivity index (χ0) is 10.4. The summed E-state index contributed by atoms with van der Waals surface area (Å²) in [5.74, 6) is 1.15. The van der Waals surface area contributed by atoms with Gasteiger partial charge in [-0.3, -0.25) is 0 Å². The maximum absolute atomic E-state index is 5.74. The van der Waals surface area contributed by atoms with Gasteiger partial charge in [-0.2, -0.15) is 0 Å². The number of nitrogens with two attached hydrogens (primary N) is 1. The highest BCUT2D eigenvalue weighted by Gasteiger charge is 2.00. The van der Waals surface area contributed by atoms with Crippen molar-refractivity contribution < 1.29 is 0 Å². The van der Waals surface area contributed by atoms with Crippen LogP contribution in [0.5, 0.6) is 0 Å². The lowest BCUT2D eigenvalue weighted by molar-refractivity contribution is 0.806. The minimum Gasteiger partial charge on any atom is -0.324 e. The molecule has 0 fully saturated rings. The van der Waals surface area contributed by atoms with Crippen LogP contribution in [0.4, 0.5) is 0 Å². The van der Waals surface area contributed by atoms with Crippen LogP contribution in [0.25, 0.3) is 0 Å². The first kappa shape index (κ1) is 11.5. The average molecular weight is 210 g/mol. The molecule has 0 radical (unpaired) electrons. The smallest absolute Gasteiger partial charge is 0.0960 e. The van der Waals surface area contributed by atoms with Crippen LogP contribution in [-0.2, 0) is 0 Å². The molecule has 3 heteroatoms. The van der Waals surface area contributed by atoms with Gasteiger partial charge in [-0.25, -0.2) is 4.98 Å². The van der Waals surface area contributed by atoms with E-state index in [1.165, 1.54) is 12.8 Å². The van der Waals surface area contributed by atoms with Crippen LogP contribution in [-0.4, -0.2) is 10.7 Å². The van der Waals surface area contributed by atoms with Crippen molar-refractivity contribution in [2.45, 2.75) is 37.8 Å². The SMILES string of the molecule is CCCCSc1ccc(C(C)N)cn1. The topological polar surface area (TPSA) is 38.9 Å². The molecule has 78 valence electrons. The van der Waals surface area contributed by atoms with Gasteiger partial charge in [0.1, 0.15) is 0 Å². The summed E-state index contributed by atoms with van der Waals surface area (Å²) >= 11 is 1.81. The maximum Gasteiger partial charge on any atom is 0.0960 e. The number of unbranched alkanes of at least 4 members (excludes halogenated alkanes) is 1. The van der Waals surface area contributed by atoms with E-state index in [1.807, 2.05) is 24.9 Å². The Bertz CT molecular complexity index is 256. The molecular formula is C11H18N2S. The molecule has 0 aliphatic rings. The molecule has 0 aromatic carbocycles. The monoisotopic (exact) mass is 210 g/mol. The predicted molar refractivity (Wildman–Crippen MR) is 62.5 cm³/mol. The molecule has 0 saturated carbocycles. The molecule has 0 spiro atoms. The largest absolute Gasteiger partial charge is 0.324 e. The summed E-state index contributed by atoms with van der Waals surface area (Å²) in [6, 6.07) is 4.20. The molecule has 1 unspecified atom stereocenters. The number of nitrogens with zero attached hydrogens (tertiary/aromatic N) is 1. The molecule has 1 atom stereocenters. The van der Waals surface area contributed by atoms with Crippen molar-refractivity contribution in [2.75, 3.05) is 5.75 Å². The second-order valence-corrected chi connectivity index (χ2v) is 4.54. The average Bonchev–Trinajstić information content (AvgIpc) is 2.19. The van der Waals surface area contributed by atoms with E-state index in [-0.39, 0.29) is 6.04 Å². The molecule has 0 saturated heterocycles. The Kier molecular flexibility index (Phi) is 4.98. The van der Waals surface area contributed by atoms with Crippen LogP contribution in [0, 0.1) is 0 Å². The van der Waals surface area contributed by atoms with Gasteiger partial charge in [-0.1, -0.05) is 19.4 Å². The molecule has 1 aromatic rings. The molecule has 0 amide bonds. The third-order valence-corrected chi connectivity index (χ3v) is 3.06. The van der Waals surface area contributed by atoms with Crippen molar-refractivity contribution in [3.05, 3.63) is 23.9 Å². The third kappa shape index (κ3) is 3.68. The molecule has 2 N–H and O–H groups in total. The van der Waals surface area contributed by atoms with Crippen LogP contribution in [0.15, 0.2) is 23.4 Å². The van der Waals surface area contributed by atoms with Gasteiger partial charge in [-0.15, -0.1) is 11.8 Å². The number of thioether (sulfide) groups is 1. The fourth-order valence-corrected chi connectivity index (χ4v) is 2.00. The first-order valence-corrected chi connectivity index (χ1v) is 6.07. The summed E-state index contributed by atoms with van der Waals surface area (Å²) in [6.45, 7) is 4.17. The summed E-state index contributed by atoms with van der Waals surface area (Å²) in [7, 11) is 0. The van der Waals surface area contributed by atoms with E-state index in [0.29, 0.717) is 0 Å². The van der Waals surface area contributed by atoms with Gasteiger partial charge in [-0.05, 0) is 30.7 Å². The Balaban J connectivity index is 2.47. The van der Waals surface area contributed by atoms with Crippen molar-refractivity contribution in [1.82, 2.24) is 4.98 Å². The number of hydrogen-bond donors (Lipinski definition) is 1. The van der Waals surface area contributed by atoms with Gasteiger partial charge >= 0.3 is 0 Å². The maximum atomic E-state index is 5.74. The fourth-order valence-electron chi connectivity index (χ4n) is 1.07. The number of aromatic nitrogens is 1. The zero-order valence-corrected chi connectivity index (χ0v) is 9.68. The highest BCUT2D eigenvalue weighted by molar-refractivity contribution is 7.99. The van der Waals surface area contributed by atoms with Gasteiger partial charge in [0.05, 0.1) is 5.03 Å². The Hall–Kier alpha value is -0.540. The minimum atomic E-state index is 0.0807. The van der Waals surface area contributed by atoms with Gasteiger partial charge in [0.25, 0.3) is 0 Å². The summed E-state index contributed by atoms with van der Waals surface area (Å²) < 4.78 is 0. The first-order chi connectivity index (χ1) is 6.74. The highest BCUT2D eigenvalue weighted by Crippen LogP contribution is 2.18. The Labute approximate surface area is 90.3 Å². The van der Waals surface area contributed by atoms with Crippen molar-refractivity contribution in [1.29, 1.82) is 0 Å². The Morgan fingerprint density at radius 2 is 2.29 bits per heavy atom. The highest BCUT2D eigenvalue weighted by atomic mass is 32.2. The lowest BCUT2D eigenvalue weighted by Gasteiger charge is -2.05. The molecule has 1 rings (SSSR count). The fraction of sp³-hybridized carbons (Fsp3) is 0.545. The quantitative estimate of drug-likeness (QED) is 0.600. The van der Waals surface area contributed by atoms with Crippen molar-refractivity contribution in [3.8, 4) is 0 Å². The third-order valence-electron chi connectivity index (χ3n) is 2.03. The zero-order valence-electron chi connectivity index (χ0n) is 8.86. The summed E-state index contributed by atoms with van der Waals surface area (Å²) in [6.07, 6.45) is 4.37. The lowest BCUT2D eigenvalue weighted by atomic mass is 10.2. The van der Waals surface area contributed by atoms with E-state index in [0.717, 1.165) is 16.3 Å². The van der Waals surface area contributed by atoms with Crippen LogP contribution in [0.2, 0.25) is 0 Å². The first-order valence-electron chi connectivity index (χ1n) is 5.08. The molecule has 0 bridgehead atoms. The lowest BCUT2D eigenvalue weighted by Crippen LogP contribution is -2.05. The second-order valence-electron chi connectivity index (χ2n) is 3.42. The van der Waals surface area contributed by atoms with Crippen LogP contribution < -0.4 is 5.73 Å². The van der Waals surface area contributed by atoms with E-state index in [2.05, 4.69) is 24.0 Å². The van der Waals surface area contributed by atoms with E-state index in [9.17, 15) is 0 Å². The molecule has 1 aromatic heterocycles. The molecule has 2 nitrogen and oxygen atoms in total. The van der Waals surface area contributed by atoms with Gasteiger partial charge in [0.15, 0.2) is 0 Å². The molecule has 1 heterocycles. The summed E-state index contributed by atoms with van der Waals surface area (Å²) in [5.41, 5.74) is 6.84. The summed E-state index contributed by atoms with van der Waals surface area (Å²) in [4.78, 5) is 4.35. The summed E-state index contributed by atoms with van der Waals surface area (Å²) in [5, 5.41) is 1.10. The molecule has 0 aliphatic carbocycles. The predicted octanol–water partition coefficient (Wildman–Crippen LogP) is 2.99. The van der Waals surface area contributed by atoms with Crippen LogP contribution in [0.3, 0.4) is 0 Å². The molecule has 0 aliphatic heterocycles. The normalized spacial score (nSPS) is 12.8. The van der Waals surface area contributed by atoms with Crippen molar-refractivity contribution in [2.24, 2.45) is 5.73 Å². The standard InChI is InChI=1S/C11H18N2S/c1-3-4-7-14-11-6-5-10(8-13-11)9(2)12/h5-6,8-9H,3-4,7,12H2,1-2H3. The van der Waals surface area contributed by atoms with Gasteiger partial charge < -0.3 is 5.73 Å². The molecular weight excluding hydrogens is 192 g/mol. The van der Waals surface area contributed by atoms with E-state index >= 15 is 0 Å². The van der Waals surface area contributed by atoms with Crippen molar-refractivity contribution >= 4 is 11.8 Å². The number of pyridine rings is 1. The second kappa shape index (κ2) is 6.04. The van der Waals surface area contributed by atoms with Gasteiger partial charge in [0.2, 0.25) is 0 Å².